The van der Waals surface area contributed by atoms with Gasteiger partial charge in [-0.05, 0) is 60.9 Å². The third kappa shape index (κ3) is 9.99. The van der Waals surface area contributed by atoms with E-state index in [1.165, 1.54) is 5.56 Å². The number of carbonyl (C=O) groups excluding carboxylic acids is 1. The molecule has 0 saturated carbocycles. The molecule has 0 aliphatic rings. The predicted octanol–water partition coefficient (Wildman–Crippen LogP) is 4.88. The summed E-state index contributed by atoms with van der Waals surface area (Å²) < 4.78 is 10.5. The van der Waals surface area contributed by atoms with Crippen LogP contribution in [0, 0.1) is 0 Å². The fraction of sp³-hybridized carbons (Fsp3) is 0.400. The summed E-state index contributed by atoms with van der Waals surface area (Å²) in [6.45, 7) is 6.27. The molecule has 0 spiro atoms. The number of amides is 1. The van der Waals surface area contributed by atoms with E-state index in [9.17, 15) is 9.59 Å². The van der Waals surface area contributed by atoms with Gasteiger partial charge in [-0.15, -0.1) is 0 Å². The second-order valence-corrected chi connectivity index (χ2v) is 9.86. The van der Waals surface area contributed by atoms with Crippen molar-refractivity contribution >= 4 is 29.4 Å². The number of hydrazone groups is 1. The summed E-state index contributed by atoms with van der Waals surface area (Å²) in [5, 5.41) is 12.9. The van der Waals surface area contributed by atoms with Crippen molar-refractivity contribution in [2.75, 3.05) is 13.7 Å². The Labute approximate surface area is 199 Å². The number of carboxylic acid groups (broad SMARTS) is 1. The minimum Gasteiger partial charge on any atom is -0.497 e. The van der Waals surface area contributed by atoms with Crippen molar-refractivity contribution in [3.63, 3.8) is 0 Å². The second kappa shape index (κ2) is 12.9. The number of nitrogens with one attached hydrogen (secondary N) is 1. The van der Waals surface area contributed by atoms with Gasteiger partial charge >= 0.3 is 5.97 Å². The van der Waals surface area contributed by atoms with Crippen LogP contribution in [-0.2, 0) is 15.3 Å². The van der Waals surface area contributed by atoms with E-state index >= 15 is 0 Å². The molecule has 0 fully saturated rings. The van der Waals surface area contributed by atoms with Gasteiger partial charge in [-0.1, -0.05) is 26.0 Å². The van der Waals surface area contributed by atoms with E-state index in [0.29, 0.717) is 30.9 Å². The first-order valence-corrected chi connectivity index (χ1v) is 11.7. The molecule has 0 heterocycles. The first-order valence-electron chi connectivity index (χ1n) is 10.7. The Kier molecular flexibility index (Phi) is 10.3. The molecule has 33 heavy (non-hydrogen) atoms. The highest BCUT2D eigenvalue weighted by molar-refractivity contribution is 7.99. The maximum absolute atomic E-state index is 12.4. The van der Waals surface area contributed by atoms with Gasteiger partial charge in [0.1, 0.15) is 11.5 Å². The number of hydrogen-bond acceptors (Lipinski definition) is 6. The van der Waals surface area contributed by atoms with Gasteiger partial charge in [-0.3, -0.25) is 9.59 Å². The van der Waals surface area contributed by atoms with Crippen LogP contribution in [0.15, 0.2) is 53.6 Å². The van der Waals surface area contributed by atoms with E-state index < -0.39 is 5.97 Å². The van der Waals surface area contributed by atoms with Crippen LogP contribution in [0.25, 0.3) is 0 Å². The van der Waals surface area contributed by atoms with Crippen LogP contribution in [0.1, 0.15) is 51.2 Å². The quantitative estimate of drug-likeness (QED) is 0.245. The highest BCUT2D eigenvalue weighted by atomic mass is 32.2. The predicted molar refractivity (Wildman–Crippen MR) is 132 cm³/mol. The molecule has 0 radical (unpaired) electrons. The zero-order chi connectivity index (χ0) is 24.3. The largest absolute Gasteiger partial charge is 0.497 e. The van der Waals surface area contributed by atoms with Crippen LogP contribution in [0.3, 0.4) is 0 Å². The minimum atomic E-state index is -0.831. The monoisotopic (exact) mass is 472 g/mol. The van der Waals surface area contributed by atoms with Crippen molar-refractivity contribution in [1.82, 2.24) is 5.43 Å². The molecule has 2 rings (SSSR count). The van der Waals surface area contributed by atoms with Gasteiger partial charge in [0.15, 0.2) is 0 Å². The molecule has 1 amide bonds. The smallest absolute Gasteiger partial charge is 0.303 e. The summed E-state index contributed by atoms with van der Waals surface area (Å²) in [4.78, 5) is 23.0. The van der Waals surface area contributed by atoms with Crippen LogP contribution in [0.4, 0.5) is 0 Å². The van der Waals surface area contributed by atoms with Crippen LogP contribution >= 0.6 is 11.8 Å². The Morgan fingerprint density at radius 2 is 1.70 bits per heavy atom. The number of carboxylic acids is 1. The van der Waals surface area contributed by atoms with Crippen molar-refractivity contribution in [3.05, 3.63) is 59.7 Å². The summed E-state index contributed by atoms with van der Waals surface area (Å²) in [6, 6.07) is 15.2. The Hall–Kier alpha value is -3.00. The van der Waals surface area contributed by atoms with Gasteiger partial charge in [0.05, 0.1) is 19.4 Å². The molecule has 178 valence electrons. The first kappa shape index (κ1) is 26.3. The second-order valence-electron chi connectivity index (χ2n) is 8.18. The van der Waals surface area contributed by atoms with Crippen LogP contribution in [0.5, 0.6) is 11.5 Å². The molecule has 0 atom stereocenters. The van der Waals surface area contributed by atoms with Gasteiger partial charge < -0.3 is 14.6 Å². The van der Waals surface area contributed by atoms with Crippen molar-refractivity contribution in [3.8, 4) is 11.5 Å². The summed E-state index contributed by atoms with van der Waals surface area (Å²) >= 11 is 1.72. The van der Waals surface area contributed by atoms with Gasteiger partial charge in [0.25, 0.3) is 0 Å². The molecular weight excluding hydrogens is 440 g/mol. The number of carbonyl (C=O) groups is 2. The number of ether oxygens (including phenoxy) is 2. The molecular formula is C25H32N2O5S. The van der Waals surface area contributed by atoms with E-state index in [2.05, 4.69) is 10.5 Å². The average molecular weight is 473 g/mol. The molecule has 0 unspecified atom stereocenters. The molecule has 0 saturated heterocycles. The Bertz CT molecular complexity index is 940. The lowest BCUT2D eigenvalue weighted by molar-refractivity contribution is -0.137. The zero-order valence-electron chi connectivity index (χ0n) is 19.6. The van der Waals surface area contributed by atoms with Crippen molar-refractivity contribution in [2.45, 2.75) is 50.5 Å². The fourth-order valence-electron chi connectivity index (χ4n) is 2.89. The Balaban J connectivity index is 1.79. The number of hydrogen-bond donors (Lipinski definition) is 2. The van der Waals surface area contributed by atoms with E-state index in [-0.39, 0.29) is 17.1 Å². The molecule has 8 heteroatoms. The van der Waals surface area contributed by atoms with Crippen LogP contribution in [0.2, 0.25) is 0 Å². The highest BCUT2D eigenvalue weighted by Crippen LogP contribution is 2.31. The lowest BCUT2D eigenvalue weighted by Gasteiger charge is -2.23. The normalized spacial score (nSPS) is 11.7. The number of aliphatic carboxylic acids is 1. The summed E-state index contributed by atoms with van der Waals surface area (Å²) in [5.41, 5.74) is 5.37. The molecule has 2 aromatic carbocycles. The minimum absolute atomic E-state index is 0.0837. The highest BCUT2D eigenvalue weighted by Gasteiger charge is 2.22. The standard InChI is InChI=1S/C25H32N2O5S/c1-18(20-9-13-22(14-10-20)32-15-5-6-24(29)30)26-27-23(28)16-25(2,3)33-17-19-7-11-21(31-4)12-8-19/h7-14H,5-6,15-17H2,1-4H3,(H,27,28)(H,29,30)/b26-18+. The maximum atomic E-state index is 12.4. The molecule has 0 bridgehead atoms. The molecule has 0 aromatic heterocycles. The lowest BCUT2D eigenvalue weighted by Crippen LogP contribution is -2.28. The number of thioether (sulfide) groups is 1. The van der Waals surface area contributed by atoms with Gasteiger partial charge in [-0.2, -0.15) is 16.9 Å². The topological polar surface area (TPSA) is 97.2 Å². The molecule has 0 aliphatic carbocycles. The van der Waals surface area contributed by atoms with Crippen molar-refractivity contribution in [2.24, 2.45) is 5.10 Å². The summed E-state index contributed by atoms with van der Waals surface area (Å²) in [6.07, 6.45) is 0.881. The van der Waals surface area contributed by atoms with E-state index in [0.717, 1.165) is 17.1 Å². The van der Waals surface area contributed by atoms with Crippen LogP contribution in [-0.4, -0.2) is 41.2 Å². The lowest BCUT2D eigenvalue weighted by atomic mass is 10.1. The van der Waals surface area contributed by atoms with Gasteiger partial charge in [0.2, 0.25) is 5.91 Å². The number of benzene rings is 2. The molecule has 7 nitrogen and oxygen atoms in total. The van der Waals surface area contributed by atoms with Gasteiger partial charge in [0, 0.05) is 23.3 Å². The first-order chi connectivity index (χ1) is 15.7. The number of nitrogens with zero attached hydrogens (tertiary/aromatic N) is 1. The van der Waals surface area contributed by atoms with E-state index in [1.807, 2.05) is 57.2 Å². The SMILES string of the molecule is COc1ccc(CSC(C)(C)CC(=O)N/N=C(\C)c2ccc(OCCCC(=O)O)cc2)cc1. The maximum Gasteiger partial charge on any atom is 0.303 e. The van der Waals surface area contributed by atoms with E-state index in [1.54, 1.807) is 31.0 Å². The molecule has 0 aliphatic heterocycles. The average Bonchev–Trinajstić information content (AvgIpc) is 2.79. The van der Waals surface area contributed by atoms with Crippen molar-refractivity contribution < 1.29 is 24.2 Å². The third-order valence-corrected chi connectivity index (χ3v) is 6.20. The van der Waals surface area contributed by atoms with Crippen LogP contribution < -0.4 is 14.9 Å². The number of rotatable bonds is 13. The van der Waals surface area contributed by atoms with E-state index in [4.69, 9.17) is 14.6 Å². The molecule has 2 aromatic rings. The van der Waals surface area contributed by atoms with Crippen molar-refractivity contribution in [1.29, 1.82) is 0 Å². The Morgan fingerprint density at radius 3 is 2.30 bits per heavy atom. The zero-order valence-corrected chi connectivity index (χ0v) is 20.4. The summed E-state index contributed by atoms with van der Waals surface area (Å²) in [7, 11) is 1.65. The summed E-state index contributed by atoms with van der Waals surface area (Å²) in [5.74, 6) is 1.32. The third-order valence-electron chi connectivity index (χ3n) is 4.80. The molecule has 2 N–H and O–H groups in total. The Morgan fingerprint density at radius 1 is 1.06 bits per heavy atom. The fourth-order valence-corrected chi connectivity index (χ4v) is 3.88. The van der Waals surface area contributed by atoms with Gasteiger partial charge in [-0.25, -0.2) is 5.43 Å². The number of methoxy groups -OCH3 is 1.